The Bertz CT molecular complexity index is 855. The molecule has 0 radical (unpaired) electrons. The number of benzene rings is 1. The van der Waals surface area contributed by atoms with Crippen LogP contribution in [0.1, 0.15) is 18.4 Å². The summed E-state index contributed by atoms with van der Waals surface area (Å²) in [6.07, 6.45) is 4.03. The number of hydrogen-bond acceptors (Lipinski definition) is 5. The molecule has 2 aliphatic rings. The molecule has 2 heterocycles. The Morgan fingerprint density at radius 2 is 2.25 bits per heavy atom. The molecule has 0 bridgehead atoms. The van der Waals surface area contributed by atoms with Crippen molar-refractivity contribution in [1.82, 2.24) is 20.3 Å². The molecule has 1 aliphatic heterocycles. The molecule has 1 amide bonds. The monoisotopic (exact) mass is 385 g/mol. The third kappa shape index (κ3) is 4.04. The third-order valence-corrected chi connectivity index (χ3v) is 5.27. The van der Waals surface area contributed by atoms with E-state index in [1.807, 2.05) is 29.0 Å². The summed E-state index contributed by atoms with van der Waals surface area (Å²) in [6.45, 7) is 2.98. The average Bonchev–Trinajstić information content (AvgIpc) is 3.50. The molecule has 1 atom stereocenters. The average molecular weight is 385 g/mol. The Morgan fingerprint density at radius 3 is 2.96 bits per heavy atom. The van der Waals surface area contributed by atoms with Gasteiger partial charge in [0, 0.05) is 42.8 Å². The van der Waals surface area contributed by atoms with E-state index in [0.717, 1.165) is 35.9 Å². The summed E-state index contributed by atoms with van der Waals surface area (Å²) in [6, 6.07) is 8.46. The van der Waals surface area contributed by atoms with E-state index in [2.05, 4.69) is 21.8 Å². The molecule has 1 saturated carbocycles. The van der Waals surface area contributed by atoms with Gasteiger partial charge in [0.05, 0.1) is 13.7 Å². The summed E-state index contributed by atoms with van der Waals surface area (Å²) in [4.78, 5) is 18.9. The zero-order valence-corrected chi connectivity index (χ0v) is 16.1. The van der Waals surface area contributed by atoms with Gasteiger partial charge < -0.3 is 19.5 Å². The van der Waals surface area contributed by atoms with Gasteiger partial charge >= 0.3 is 0 Å². The minimum Gasteiger partial charge on any atom is -0.368 e. The maximum Gasteiger partial charge on any atom is 0.263 e. The largest absolute Gasteiger partial charge is 0.368 e. The SMILES string of the molecule is CONC(=O)Cn1cc(CN(C(=N)C2CNCCO2)C2CC2)c2ccccc21. The number of nitrogens with zero attached hydrogens (tertiary/aromatic N) is 2. The van der Waals surface area contributed by atoms with Crippen LogP contribution in [-0.2, 0) is 27.5 Å². The first-order valence-corrected chi connectivity index (χ1v) is 9.73. The van der Waals surface area contributed by atoms with Crippen LogP contribution in [0.25, 0.3) is 10.9 Å². The van der Waals surface area contributed by atoms with E-state index in [9.17, 15) is 4.79 Å². The summed E-state index contributed by atoms with van der Waals surface area (Å²) in [5, 5.41) is 13.1. The molecule has 8 heteroatoms. The number of nitrogens with one attached hydrogen (secondary N) is 3. The van der Waals surface area contributed by atoms with Crippen molar-refractivity contribution in [3.63, 3.8) is 0 Å². The number of carbonyl (C=O) groups is 1. The number of aromatic nitrogens is 1. The van der Waals surface area contributed by atoms with Crippen molar-refractivity contribution in [2.24, 2.45) is 0 Å². The van der Waals surface area contributed by atoms with Gasteiger partial charge in [-0.2, -0.15) is 0 Å². The number of amidine groups is 1. The molecular formula is C20H27N5O3. The van der Waals surface area contributed by atoms with Crippen molar-refractivity contribution in [3.05, 3.63) is 36.0 Å². The second-order valence-corrected chi connectivity index (χ2v) is 7.34. The van der Waals surface area contributed by atoms with E-state index in [1.165, 1.54) is 7.11 Å². The number of hydrogen-bond donors (Lipinski definition) is 3. The molecule has 1 saturated heterocycles. The van der Waals surface area contributed by atoms with Gasteiger partial charge in [-0.1, -0.05) is 18.2 Å². The molecule has 1 aliphatic carbocycles. The Morgan fingerprint density at radius 1 is 1.43 bits per heavy atom. The first-order chi connectivity index (χ1) is 13.7. The summed E-state index contributed by atoms with van der Waals surface area (Å²) in [7, 11) is 1.43. The lowest BCUT2D eigenvalue weighted by Crippen LogP contribution is -2.49. The Kier molecular flexibility index (Phi) is 5.61. The molecule has 4 rings (SSSR count). The number of rotatable bonds is 7. The zero-order valence-electron chi connectivity index (χ0n) is 16.1. The molecular weight excluding hydrogens is 358 g/mol. The van der Waals surface area contributed by atoms with E-state index < -0.39 is 0 Å². The van der Waals surface area contributed by atoms with Crippen LogP contribution in [0, 0.1) is 5.41 Å². The fourth-order valence-corrected chi connectivity index (χ4v) is 3.79. The number of ether oxygens (including phenoxy) is 1. The van der Waals surface area contributed by atoms with Crippen LogP contribution < -0.4 is 10.8 Å². The van der Waals surface area contributed by atoms with Gasteiger partial charge in [-0.25, -0.2) is 5.48 Å². The van der Waals surface area contributed by atoms with Gasteiger partial charge in [-0.15, -0.1) is 0 Å². The van der Waals surface area contributed by atoms with Crippen molar-refractivity contribution < 1.29 is 14.4 Å². The summed E-state index contributed by atoms with van der Waals surface area (Å²) >= 11 is 0. The molecule has 28 heavy (non-hydrogen) atoms. The molecule has 3 N–H and O–H groups in total. The molecule has 1 unspecified atom stereocenters. The normalized spacial score (nSPS) is 19.5. The second kappa shape index (κ2) is 8.30. The lowest BCUT2D eigenvalue weighted by molar-refractivity contribution is -0.131. The van der Waals surface area contributed by atoms with Gasteiger partial charge in [0.1, 0.15) is 18.5 Å². The minimum atomic E-state index is -0.205. The summed E-state index contributed by atoms with van der Waals surface area (Å²) in [5.41, 5.74) is 4.48. The highest BCUT2D eigenvalue weighted by Crippen LogP contribution is 2.31. The topological polar surface area (TPSA) is 91.6 Å². The fraction of sp³-hybridized carbons (Fsp3) is 0.500. The third-order valence-electron chi connectivity index (χ3n) is 5.27. The van der Waals surface area contributed by atoms with Crippen molar-refractivity contribution in [3.8, 4) is 0 Å². The Labute approximate surface area is 164 Å². The van der Waals surface area contributed by atoms with Crippen LogP contribution in [0.2, 0.25) is 0 Å². The van der Waals surface area contributed by atoms with Crippen molar-refractivity contribution in [2.45, 2.75) is 38.1 Å². The van der Waals surface area contributed by atoms with Gasteiger partial charge in [0.25, 0.3) is 5.91 Å². The standard InChI is InChI=1S/C20H27N5O3/c1-27-23-19(26)13-24-11-14(16-4-2-3-5-17(16)24)12-25(15-6-7-15)20(21)18-10-22-8-9-28-18/h2-5,11,15,18,21-22H,6-10,12-13H2,1H3,(H,23,26). The number of carbonyl (C=O) groups excluding carboxylic acids is 1. The predicted molar refractivity (Wildman–Crippen MR) is 106 cm³/mol. The smallest absolute Gasteiger partial charge is 0.263 e. The zero-order chi connectivity index (χ0) is 19.5. The molecule has 150 valence electrons. The lowest BCUT2D eigenvalue weighted by Gasteiger charge is -2.32. The second-order valence-electron chi connectivity index (χ2n) is 7.34. The molecule has 8 nitrogen and oxygen atoms in total. The molecule has 1 aromatic heterocycles. The number of amides is 1. The highest BCUT2D eigenvalue weighted by molar-refractivity contribution is 5.88. The highest BCUT2D eigenvalue weighted by Gasteiger charge is 2.35. The van der Waals surface area contributed by atoms with Gasteiger partial charge in [-0.05, 0) is 24.5 Å². The van der Waals surface area contributed by atoms with E-state index in [-0.39, 0.29) is 18.6 Å². The van der Waals surface area contributed by atoms with Crippen molar-refractivity contribution in [2.75, 3.05) is 26.8 Å². The minimum absolute atomic E-state index is 0.185. The molecule has 2 aromatic rings. The van der Waals surface area contributed by atoms with E-state index in [4.69, 9.17) is 15.0 Å². The van der Waals surface area contributed by atoms with Crippen LogP contribution in [0.15, 0.2) is 30.5 Å². The van der Waals surface area contributed by atoms with Gasteiger partial charge in [0.15, 0.2) is 0 Å². The van der Waals surface area contributed by atoms with Gasteiger partial charge in [-0.3, -0.25) is 15.0 Å². The quantitative estimate of drug-likeness (QED) is 0.379. The molecule has 0 spiro atoms. The van der Waals surface area contributed by atoms with E-state index >= 15 is 0 Å². The highest BCUT2D eigenvalue weighted by atomic mass is 16.6. The Hall–Kier alpha value is -2.42. The van der Waals surface area contributed by atoms with Crippen LogP contribution in [0.3, 0.4) is 0 Å². The summed E-state index contributed by atoms with van der Waals surface area (Å²) in [5.74, 6) is 0.340. The van der Waals surface area contributed by atoms with Crippen LogP contribution >= 0.6 is 0 Å². The van der Waals surface area contributed by atoms with Crippen LogP contribution in [-0.4, -0.2) is 60.2 Å². The van der Waals surface area contributed by atoms with Crippen molar-refractivity contribution in [1.29, 1.82) is 5.41 Å². The number of hydroxylamine groups is 1. The first kappa shape index (κ1) is 18.9. The maximum atomic E-state index is 12.0. The Balaban J connectivity index is 1.58. The van der Waals surface area contributed by atoms with Gasteiger partial charge in [0.2, 0.25) is 0 Å². The first-order valence-electron chi connectivity index (χ1n) is 9.73. The molecule has 2 fully saturated rings. The molecule has 1 aromatic carbocycles. The predicted octanol–water partition coefficient (Wildman–Crippen LogP) is 1.25. The lowest BCUT2D eigenvalue weighted by atomic mass is 10.1. The maximum absolute atomic E-state index is 12.0. The van der Waals surface area contributed by atoms with Crippen molar-refractivity contribution >= 4 is 22.6 Å². The number of morpholine rings is 1. The van der Waals surface area contributed by atoms with Crippen LogP contribution in [0.4, 0.5) is 0 Å². The fourth-order valence-electron chi connectivity index (χ4n) is 3.79. The van der Waals surface area contributed by atoms with Crippen LogP contribution in [0.5, 0.6) is 0 Å². The van der Waals surface area contributed by atoms with E-state index in [0.29, 0.717) is 31.6 Å². The summed E-state index contributed by atoms with van der Waals surface area (Å²) < 4.78 is 7.74. The van der Waals surface area contributed by atoms with E-state index in [1.54, 1.807) is 0 Å². The number of fused-ring (bicyclic) bond motifs is 1. The number of para-hydroxylation sites is 1.